The number of phenols is 1. The second kappa shape index (κ2) is 9.71. The van der Waals surface area contributed by atoms with Crippen LogP contribution >= 0.6 is 0 Å². The second-order valence-electron chi connectivity index (χ2n) is 7.83. The van der Waals surface area contributed by atoms with Crippen molar-refractivity contribution in [3.05, 3.63) is 47.5 Å². The van der Waals surface area contributed by atoms with E-state index in [1.54, 1.807) is 26.4 Å². The third kappa shape index (κ3) is 5.16. The number of hydrogen-bond donors (Lipinski definition) is 2. The number of nitrogens with one attached hydrogen (secondary N) is 1. The fourth-order valence-electron chi connectivity index (χ4n) is 3.85. The minimum absolute atomic E-state index is 0.177. The molecule has 0 spiro atoms. The molecule has 1 aliphatic heterocycles. The van der Waals surface area contributed by atoms with Gasteiger partial charge in [0.25, 0.3) is 5.91 Å². The minimum atomic E-state index is 0.177. The standard InChI is InChI=1S/C23H31N3O4/c1-17-13-21(29-3)22(30-4)14-18(17)15-24(2)16-23(28)26-11-9-25(10-12-26)19-5-7-20(27)8-6-19/h5-8,13-14,27H,9-12,15-16H2,1-4H3/p+1. The number of anilines is 1. The fraction of sp³-hybridized carbons (Fsp3) is 0.435. The van der Waals surface area contributed by atoms with Crippen LogP contribution in [0.1, 0.15) is 11.1 Å². The first kappa shape index (κ1) is 21.8. The van der Waals surface area contributed by atoms with Gasteiger partial charge in [-0.1, -0.05) is 0 Å². The number of methoxy groups -OCH3 is 2. The molecule has 0 bridgehead atoms. The van der Waals surface area contributed by atoms with Crippen molar-refractivity contribution in [3.8, 4) is 17.2 Å². The number of amides is 1. The van der Waals surface area contributed by atoms with E-state index in [9.17, 15) is 9.90 Å². The Hall–Kier alpha value is -2.93. The maximum Gasteiger partial charge on any atom is 0.277 e. The number of nitrogens with zero attached hydrogens (tertiary/aromatic N) is 2. The highest BCUT2D eigenvalue weighted by atomic mass is 16.5. The van der Waals surface area contributed by atoms with Gasteiger partial charge in [-0.2, -0.15) is 0 Å². The number of benzene rings is 2. The third-order valence-corrected chi connectivity index (χ3v) is 5.63. The first-order valence-electron chi connectivity index (χ1n) is 10.3. The van der Waals surface area contributed by atoms with Gasteiger partial charge in [0, 0.05) is 37.4 Å². The number of likely N-dealkylation sites (N-methyl/N-ethyl adjacent to an activating group) is 1. The molecule has 0 saturated carbocycles. The van der Waals surface area contributed by atoms with Gasteiger partial charge in [0.2, 0.25) is 0 Å². The van der Waals surface area contributed by atoms with E-state index in [4.69, 9.17) is 9.47 Å². The summed E-state index contributed by atoms with van der Waals surface area (Å²) in [6.45, 7) is 6.26. The number of rotatable bonds is 7. The lowest BCUT2D eigenvalue weighted by Crippen LogP contribution is -3.09. The van der Waals surface area contributed by atoms with E-state index >= 15 is 0 Å². The summed E-state index contributed by atoms with van der Waals surface area (Å²) < 4.78 is 10.8. The third-order valence-electron chi connectivity index (χ3n) is 5.63. The van der Waals surface area contributed by atoms with E-state index in [0.717, 1.165) is 47.1 Å². The van der Waals surface area contributed by atoms with Crippen molar-refractivity contribution in [1.82, 2.24) is 4.90 Å². The van der Waals surface area contributed by atoms with Crippen LogP contribution in [0.4, 0.5) is 5.69 Å². The van der Waals surface area contributed by atoms with E-state index < -0.39 is 0 Å². The summed E-state index contributed by atoms with van der Waals surface area (Å²) in [5.41, 5.74) is 3.35. The van der Waals surface area contributed by atoms with Crippen LogP contribution in [-0.2, 0) is 11.3 Å². The molecule has 0 radical (unpaired) electrons. The largest absolute Gasteiger partial charge is 0.508 e. The van der Waals surface area contributed by atoms with Crippen molar-refractivity contribution in [1.29, 1.82) is 0 Å². The van der Waals surface area contributed by atoms with Crippen LogP contribution < -0.4 is 19.3 Å². The molecular formula is C23H32N3O4+. The lowest BCUT2D eigenvalue weighted by atomic mass is 10.1. The van der Waals surface area contributed by atoms with Crippen molar-refractivity contribution in [2.45, 2.75) is 13.5 Å². The SMILES string of the molecule is COc1cc(C)c(C[NH+](C)CC(=O)N2CCN(c3ccc(O)cc3)CC2)cc1OC. The minimum Gasteiger partial charge on any atom is -0.508 e. The Morgan fingerprint density at radius 1 is 1.03 bits per heavy atom. The van der Waals surface area contributed by atoms with Crippen LogP contribution in [0.25, 0.3) is 0 Å². The molecule has 2 N–H and O–H groups in total. The highest BCUT2D eigenvalue weighted by Crippen LogP contribution is 2.29. The number of aromatic hydroxyl groups is 1. The van der Waals surface area contributed by atoms with Crippen molar-refractivity contribution in [3.63, 3.8) is 0 Å². The molecule has 1 heterocycles. The number of phenolic OH excluding ortho intramolecular Hbond substituents is 1. The lowest BCUT2D eigenvalue weighted by Gasteiger charge is -2.36. The topological polar surface area (TPSA) is 66.7 Å². The van der Waals surface area contributed by atoms with E-state index in [-0.39, 0.29) is 11.7 Å². The van der Waals surface area contributed by atoms with Crippen molar-refractivity contribution < 1.29 is 24.3 Å². The van der Waals surface area contributed by atoms with E-state index in [1.807, 2.05) is 36.2 Å². The molecule has 1 aliphatic rings. The van der Waals surface area contributed by atoms with Gasteiger partial charge in [-0.15, -0.1) is 0 Å². The summed E-state index contributed by atoms with van der Waals surface area (Å²) in [4.78, 5) is 18.1. The number of carbonyl (C=O) groups excluding carboxylic acids is 1. The van der Waals surface area contributed by atoms with E-state index in [2.05, 4.69) is 11.8 Å². The van der Waals surface area contributed by atoms with Crippen LogP contribution in [0.5, 0.6) is 17.2 Å². The van der Waals surface area contributed by atoms with E-state index in [0.29, 0.717) is 25.4 Å². The molecule has 1 saturated heterocycles. The Labute approximate surface area is 178 Å². The molecule has 0 aromatic heterocycles. The number of hydrogen-bond acceptors (Lipinski definition) is 5. The molecule has 162 valence electrons. The summed E-state index contributed by atoms with van der Waals surface area (Å²) in [5.74, 6) is 1.88. The van der Waals surface area contributed by atoms with Crippen molar-refractivity contribution in [2.24, 2.45) is 0 Å². The first-order valence-corrected chi connectivity index (χ1v) is 10.3. The van der Waals surface area contributed by atoms with Crippen LogP contribution in [0.2, 0.25) is 0 Å². The zero-order chi connectivity index (χ0) is 21.7. The van der Waals surface area contributed by atoms with Gasteiger partial charge in [0.15, 0.2) is 18.0 Å². The summed E-state index contributed by atoms with van der Waals surface area (Å²) >= 11 is 0. The van der Waals surface area contributed by atoms with Gasteiger partial charge in [-0.25, -0.2) is 0 Å². The Morgan fingerprint density at radius 2 is 1.63 bits per heavy atom. The van der Waals surface area contributed by atoms with Gasteiger partial charge in [-0.3, -0.25) is 4.79 Å². The number of carbonyl (C=O) groups is 1. The van der Waals surface area contributed by atoms with Crippen LogP contribution in [0.15, 0.2) is 36.4 Å². The number of aryl methyl sites for hydroxylation is 1. The van der Waals surface area contributed by atoms with Crippen molar-refractivity contribution >= 4 is 11.6 Å². The fourth-order valence-corrected chi connectivity index (χ4v) is 3.85. The van der Waals surface area contributed by atoms with E-state index in [1.165, 1.54) is 0 Å². The summed E-state index contributed by atoms with van der Waals surface area (Å²) in [6, 6.07) is 11.2. The van der Waals surface area contributed by atoms with Gasteiger partial charge in [0.1, 0.15) is 12.3 Å². The highest BCUT2D eigenvalue weighted by Gasteiger charge is 2.24. The number of piperazine rings is 1. The van der Waals surface area contributed by atoms with Crippen LogP contribution in [0.3, 0.4) is 0 Å². The monoisotopic (exact) mass is 414 g/mol. The zero-order valence-electron chi connectivity index (χ0n) is 18.3. The van der Waals surface area contributed by atoms with Gasteiger partial charge >= 0.3 is 0 Å². The lowest BCUT2D eigenvalue weighted by molar-refractivity contribution is -0.885. The smallest absolute Gasteiger partial charge is 0.277 e. The second-order valence-corrected chi connectivity index (χ2v) is 7.83. The number of quaternary nitrogens is 1. The molecule has 1 unspecified atom stereocenters. The predicted molar refractivity (Wildman–Crippen MR) is 117 cm³/mol. The molecule has 3 rings (SSSR count). The van der Waals surface area contributed by atoms with Crippen LogP contribution in [-0.4, -0.2) is 69.9 Å². The Kier molecular flexibility index (Phi) is 7.05. The van der Waals surface area contributed by atoms with Gasteiger partial charge in [-0.05, 0) is 48.9 Å². The highest BCUT2D eigenvalue weighted by molar-refractivity contribution is 5.77. The molecular weight excluding hydrogens is 382 g/mol. The number of ether oxygens (including phenoxy) is 2. The molecule has 1 fully saturated rings. The molecule has 2 aromatic rings. The molecule has 2 aromatic carbocycles. The average molecular weight is 415 g/mol. The molecule has 30 heavy (non-hydrogen) atoms. The molecule has 1 atom stereocenters. The molecule has 1 amide bonds. The maximum atomic E-state index is 12.8. The molecule has 0 aliphatic carbocycles. The molecule has 7 nitrogen and oxygen atoms in total. The van der Waals surface area contributed by atoms with Crippen LogP contribution in [0, 0.1) is 6.92 Å². The van der Waals surface area contributed by atoms with Crippen molar-refractivity contribution in [2.75, 3.05) is 58.9 Å². The summed E-state index contributed by atoms with van der Waals surface area (Å²) in [5, 5.41) is 9.45. The first-order chi connectivity index (χ1) is 14.4. The summed E-state index contributed by atoms with van der Waals surface area (Å²) in [6.07, 6.45) is 0. The Bertz CT molecular complexity index is 861. The quantitative estimate of drug-likeness (QED) is 0.710. The predicted octanol–water partition coefficient (Wildman–Crippen LogP) is 1.08. The maximum absolute atomic E-state index is 12.8. The average Bonchev–Trinajstić information content (AvgIpc) is 2.75. The summed E-state index contributed by atoms with van der Waals surface area (Å²) in [7, 11) is 5.31. The van der Waals surface area contributed by atoms with Gasteiger partial charge < -0.3 is 29.3 Å². The zero-order valence-corrected chi connectivity index (χ0v) is 18.3. The Balaban J connectivity index is 1.53. The van der Waals surface area contributed by atoms with Gasteiger partial charge in [0.05, 0.1) is 21.3 Å². The normalized spacial score (nSPS) is 15.1. The molecule has 7 heteroatoms. The Morgan fingerprint density at radius 3 is 2.23 bits per heavy atom.